The molecule has 0 amide bonds. The van der Waals surface area contributed by atoms with Gasteiger partial charge in [-0.15, -0.1) is 0 Å². The van der Waals surface area contributed by atoms with Gasteiger partial charge in [-0.3, -0.25) is 0 Å². The molecule has 18 heavy (non-hydrogen) atoms. The Morgan fingerprint density at radius 3 is 2.44 bits per heavy atom. The van der Waals surface area contributed by atoms with Crippen molar-refractivity contribution in [3.05, 3.63) is 34.6 Å². The summed E-state index contributed by atoms with van der Waals surface area (Å²) in [6.07, 6.45) is 2.51. The third-order valence-corrected chi connectivity index (χ3v) is 4.50. The summed E-state index contributed by atoms with van der Waals surface area (Å²) in [6.45, 7) is 5.21. The molecule has 3 heteroatoms. The van der Waals surface area contributed by atoms with Crippen LogP contribution in [-0.2, 0) is 0 Å². The first-order valence-corrected chi connectivity index (χ1v) is 6.74. The van der Waals surface area contributed by atoms with E-state index in [0.29, 0.717) is 6.04 Å². The van der Waals surface area contributed by atoms with E-state index < -0.39 is 0 Å². The third kappa shape index (κ3) is 1.34. The van der Waals surface area contributed by atoms with Crippen molar-refractivity contribution in [3.8, 4) is 0 Å². The molecule has 2 bridgehead atoms. The fraction of sp³-hybridized carbons (Fsp3) is 0.467. The summed E-state index contributed by atoms with van der Waals surface area (Å²) in [6, 6.07) is 5.08. The average molecular weight is 239 g/mol. The van der Waals surface area contributed by atoms with Crippen LogP contribution >= 0.6 is 0 Å². The molecule has 0 spiro atoms. The number of piperidine rings is 1. The lowest BCUT2D eigenvalue weighted by molar-refractivity contribution is 0.410. The van der Waals surface area contributed by atoms with Crippen molar-refractivity contribution < 1.29 is 0 Å². The van der Waals surface area contributed by atoms with E-state index >= 15 is 0 Å². The molecule has 1 aliphatic heterocycles. The maximum Gasteiger partial charge on any atom is 0.0893 e. The van der Waals surface area contributed by atoms with Gasteiger partial charge < -0.3 is 5.32 Å². The Kier molecular flexibility index (Phi) is 2.04. The highest BCUT2D eigenvalue weighted by atomic mass is 14.9. The zero-order chi connectivity index (χ0) is 12.3. The molecule has 2 aliphatic rings. The van der Waals surface area contributed by atoms with Gasteiger partial charge in [-0.2, -0.15) is 0 Å². The molecule has 1 aliphatic carbocycles. The minimum Gasteiger partial charge on any atom is -0.310 e. The molecule has 2 aromatic rings. The minimum absolute atomic E-state index is 0.548. The summed E-state index contributed by atoms with van der Waals surface area (Å²) in [4.78, 5) is 9.36. The lowest BCUT2D eigenvalue weighted by Gasteiger charge is -2.20. The number of aryl methyl sites for hydroxylation is 2. The second kappa shape index (κ2) is 3.51. The minimum atomic E-state index is 0.548. The fourth-order valence-electron chi connectivity index (χ4n) is 3.40. The molecular formula is C15H17N3. The highest BCUT2D eigenvalue weighted by molar-refractivity contribution is 5.77. The van der Waals surface area contributed by atoms with Crippen LogP contribution in [0.2, 0.25) is 0 Å². The Morgan fingerprint density at radius 2 is 1.72 bits per heavy atom. The van der Waals surface area contributed by atoms with E-state index in [2.05, 4.69) is 27.4 Å². The first kappa shape index (κ1) is 10.4. The molecule has 3 nitrogen and oxygen atoms in total. The van der Waals surface area contributed by atoms with Crippen molar-refractivity contribution in [2.24, 2.45) is 0 Å². The molecule has 2 heterocycles. The zero-order valence-corrected chi connectivity index (χ0v) is 10.8. The summed E-state index contributed by atoms with van der Waals surface area (Å²) < 4.78 is 0. The van der Waals surface area contributed by atoms with Gasteiger partial charge >= 0.3 is 0 Å². The van der Waals surface area contributed by atoms with Crippen LogP contribution in [0.1, 0.15) is 47.3 Å². The molecule has 1 fully saturated rings. The van der Waals surface area contributed by atoms with Crippen LogP contribution < -0.4 is 5.32 Å². The lowest BCUT2D eigenvalue weighted by Crippen LogP contribution is -2.24. The van der Waals surface area contributed by atoms with Crippen molar-refractivity contribution in [2.45, 2.75) is 38.6 Å². The predicted octanol–water partition coefficient (Wildman–Crippen LogP) is 2.77. The molecule has 0 saturated carbocycles. The number of nitrogens with one attached hydrogen (secondary N) is 1. The van der Waals surface area contributed by atoms with Crippen LogP contribution in [0.25, 0.3) is 11.0 Å². The maximum absolute atomic E-state index is 4.68. The standard InChI is InChI=1S/C15H17N3/c1-8-9(2)18-15-7-12-11(6-14(15)17-8)10-3-4-16-13(12)5-10/h6-7,10,13,16H,3-5H2,1-2H3. The van der Waals surface area contributed by atoms with Crippen molar-refractivity contribution in [1.29, 1.82) is 0 Å². The third-order valence-electron chi connectivity index (χ3n) is 4.50. The summed E-state index contributed by atoms with van der Waals surface area (Å²) in [7, 11) is 0. The Bertz CT molecular complexity index is 593. The SMILES string of the molecule is Cc1nc2cc3c(cc2nc1C)C1CC3CCN1. The molecule has 0 radical (unpaired) electrons. The number of aromatic nitrogens is 2. The van der Waals surface area contributed by atoms with Gasteiger partial charge in [0.2, 0.25) is 0 Å². The Hall–Kier alpha value is -1.48. The van der Waals surface area contributed by atoms with Gasteiger partial charge in [-0.1, -0.05) is 0 Å². The molecule has 1 saturated heterocycles. The summed E-state index contributed by atoms with van der Waals surface area (Å²) in [5.74, 6) is 0.735. The molecule has 2 unspecified atom stereocenters. The predicted molar refractivity (Wildman–Crippen MR) is 71.7 cm³/mol. The van der Waals surface area contributed by atoms with Gasteiger partial charge in [0.05, 0.1) is 22.4 Å². The summed E-state index contributed by atoms with van der Waals surface area (Å²) in [5, 5.41) is 3.61. The highest BCUT2D eigenvalue weighted by Gasteiger charge is 2.34. The van der Waals surface area contributed by atoms with Crippen molar-refractivity contribution in [3.63, 3.8) is 0 Å². The van der Waals surface area contributed by atoms with Gasteiger partial charge in [-0.25, -0.2) is 9.97 Å². The second-order valence-corrected chi connectivity index (χ2v) is 5.59. The van der Waals surface area contributed by atoms with E-state index in [1.807, 2.05) is 13.8 Å². The second-order valence-electron chi connectivity index (χ2n) is 5.59. The first-order valence-electron chi connectivity index (χ1n) is 6.74. The summed E-state index contributed by atoms with van der Waals surface area (Å²) >= 11 is 0. The van der Waals surface area contributed by atoms with Crippen LogP contribution in [0.4, 0.5) is 0 Å². The molecule has 1 aromatic carbocycles. The van der Waals surface area contributed by atoms with Crippen LogP contribution in [0, 0.1) is 13.8 Å². The first-order chi connectivity index (χ1) is 8.72. The number of benzene rings is 1. The number of hydrogen-bond donors (Lipinski definition) is 1. The zero-order valence-electron chi connectivity index (χ0n) is 10.8. The number of nitrogens with zero attached hydrogens (tertiary/aromatic N) is 2. The van der Waals surface area contributed by atoms with Crippen molar-refractivity contribution in [1.82, 2.24) is 15.3 Å². The Morgan fingerprint density at radius 1 is 1.06 bits per heavy atom. The fourth-order valence-corrected chi connectivity index (χ4v) is 3.40. The number of fused-ring (bicyclic) bond motifs is 6. The van der Waals surface area contributed by atoms with Gasteiger partial charge in [0.15, 0.2) is 0 Å². The molecule has 2 atom stereocenters. The summed E-state index contributed by atoms with van der Waals surface area (Å²) in [5.41, 5.74) is 7.16. The topological polar surface area (TPSA) is 37.8 Å². The molecule has 92 valence electrons. The van der Waals surface area contributed by atoms with Gasteiger partial charge in [0.1, 0.15) is 0 Å². The lowest BCUT2D eigenvalue weighted by atomic mass is 9.96. The maximum atomic E-state index is 4.68. The van der Waals surface area contributed by atoms with E-state index in [4.69, 9.17) is 0 Å². The highest BCUT2D eigenvalue weighted by Crippen LogP contribution is 2.45. The number of hydrogen-bond acceptors (Lipinski definition) is 3. The van der Waals surface area contributed by atoms with E-state index in [1.54, 1.807) is 0 Å². The van der Waals surface area contributed by atoms with E-state index in [1.165, 1.54) is 24.0 Å². The van der Waals surface area contributed by atoms with Crippen LogP contribution in [0.15, 0.2) is 12.1 Å². The van der Waals surface area contributed by atoms with Crippen LogP contribution in [-0.4, -0.2) is 16.5 Å². The van der Waals surface area contributed by atoms with Crippen LogP contribution in [0.3, 0.4) is 0 Å². The van der Waals surface area contributed by atoms with Crippen molar-refractivity contribution in [2.75, 3.05) is 6.54 Å². The van der Waals surface area contributed by atoms with Gasteiger partial charge in [0.25, 0.3) is 0 Å². The van der Waals surface area contributed by atoms with E-state index in [-0.39, 0.29) is 0 Å². The number of rotatable bonds is 0. The molecule has 4 rings (SSSR count). The largest absolute Gasteiger partial charge is 0.310 e. The van der Waals surface area contributed by atoms with E-state index in [9.17, 15) is 0 Å². The Balaban J connectivity index is 2.00. The average Bonchev–Trinajstić information content (AvgIpc) is 2.61. The van der Waals surface area contributed by atoms with E-state index in [0.717, 1.165) is 34.9 Å². The molecule has 1 N–H and O–H groups in total. The Labute approximate surface area is 107 Å². The van der Waals surface area contributed by atoms with Gasteiger partial charge in [-0.05, 0) is 62.4 Å². The van der Waals surface area contributed by atoms with Crippen molar-refractivity contribution >= 4 is 11.0 Å². The van der Waals surface area contributed by atoms with Gasteiger partial charge in [0, 0.05) is 6.04 Å². The van der Waals surface area contributed by atoms with Crippen LogP contribution in [0.5, 0.6) is 0 Å². The smallest absolute Gasteiger partial charge is 0.0893 e. The molecular weight excluding hydrogens is 222 g/mol. The molecule has 1 aromatic heterocycles. The monoisotopic (exact) mass is 239 g/mol. The quantitative estimate of drug-likeness (QED) is 0.768. The normalized spacial score (nSPS) is 25.4.